The molecule has 3 N–H and O–H groups in total. The lowest BCUT2D eigenvalue weighted by atomic mass is 10.0. The predicted molar refractivity (Wildman–Crippen MR) is 210 cm³/mol. The van der Waals surface area contributed by atoms with Crippen LogP contribution in [0.25, 0.3) is 0 Å². The highest BCUT2D eigenvalue weighted by molar-refractivity contribution is 7.47. The van der Waals surface area contributed by atoms with E-state index < -0.39 is 32.5 Å². The Morgan fingerprint density at radius 3 is 1.55 bits per heavy atom. The van der Waals surface area contributed by atoms with Gasteiger partial charge >= 0.3 is 19.8 Å². The van der Waals surface area contributed by atoms with E-state index in [1.54, 1.807) is 0 Å². The molecule has 0 radical (unpaired) electrons. The Morgan fingerprint density at radius 2 is 1.02 bits per heavy atom. The number of rotatable bonds is 38. The smallest absolute Gasteiger partial charge is 0.462 e. The molecule has 0 aromatic carbocycles. The lowest BCUT2D eigenvalue weighted by Gasteiger charge is -2.19. The number of phosphoric ester groups is 1. The van der Waals surface area contributed by atoms with Gasteiger partial charge in [-0.05, 0) is 51.4 Å². The van der Waals surface area contributed by atoms with E-state index in [1.807, 2.05) is 0 Å². The number of allylic oxidation sites excluding steroid dienone is 6. The maximum absolute atomic E-state index is 12.5. The molecule has 0 bridgehead atoms. The molecule has 2 unspecified atom stereocenters. The van der Waals surface area contributed by atoms with E-state index in [0.29, 0.717) is 12.8 Å². The van der Waals surface area contributed by atoms with Gasteiger partial charge in [0.25, 0.3) is 0 Å². The summed E-state index contributed by atoms with van der Waals surface area (Å²) in [5, 5.41) is 0. The second-order valence-electron chi connectivity index (χ2n) is 13.5. The minimum Gasteiger partial charge on any atom is -0.462 e. The molecule has 10 heteroatoms. The van der Waals surface area contributed by atoms with Gasteiger partial charge in [-0.15, -0.1) is 0 Å². The molecule has 0 aromatic heterocycles. The Morgan fingerprint density at radius 1 is 0.588 bits per heavy atom. The van der Waals surface area contributed by atoms with E-state index >= 15 is 0 Å². The van der Waals surface area contributed by atoms with E-state index in [0.717, 1.165) is 51.4 Å². The van der Waals surface area contributed by atoms with Crippen LogP contribution < -0.4 is 5.73 Å². The highest BCUT2D eigenvalue weighted by atomic mass is 31.2. The van der Waals surface area contributed by atoms with Crippen molar-refractivity contribution in [3.05, 3.63) is 36.5 Å². The first-order valence-electron chi connectivity index (χ1n) is 20.5. The van der Waals surface area contributed by atoms with Gasteiger partial charge < -0.3 is 20.1 Å². The zero-order valence-corrected chi connectivity index (χ0v) is 33.5. The third kappa shape index (κ3) is 37.8. The summed E-state index contributed by atoms with van der Waals surface area (Å²) in [7, 11) is -4.38. The van der Waals surface area contributed by atoms with Gasteiger partial charge in [0.15, 0.2) is 6.10 Å². The Bertz CT molecular complexity index is 939. The molecule has 51 heavy (non-hydrogen) atoms. The zero-order valence-electron chi connectivity index (χ0n) is 32.6. The molecule has 0 saturated heterocycles. The molecule has 0 aromatic rings. The summed E-state index contributed by atoms with van der Waals surface area (Å²) < 4.78 is 32.7. The fourth-order valence-electron chi connectivity index (χ4n) is 5.46. The largest absolute Gasteiger partial charge is 0.472 e. The van der Waals surface area contributed by atoms with Crippen LogP contribution in [0.15, 0.2) is 36.5 Å². The molecule has 0 aliphatic carbocycles. The van der Waals surface area contributed by atoms with Crippen molar-refractivity contribution in [3.63, 3.8) is 0 Å². The number of ether oxygens (including phenoxy) is 2. The molecule has 0 saturated carbocycles. The number of phosphoric acid groups is 1. The summed E-state index contributed by atoms with van der Waals surface area (Å²) in [5.41, 5.74) is 5.34. The van der Waals surface area contributed by atoms with Crippen LogP contribution in [0.3, 0.4) is 0 Å². The van der Waals surface area contributed by atoms with E-state index in [9.17, 15) is 19.0 Å². The summed E-state index contributed by atoms with van der Waals surface area (Å²) in [4.78, 5) is 34.8. The van der Waals surface area contributed by atoms with Gasteiger partial charge in [-0.3, -0.25) is 18.6 Å². The minimum absolute atomic E-state index is 0.0488. The van der Waals surface area contributed by atoms with E-state index in [2.05, 4.69) is 50.3 Å². The third-order valence-corrected chi connectivity index (χ3v) is 9.51. The fourth-order valence-corrected chi connectivity index (χ4v) is 6.23. The first-order valence-corrected chi connectivity index (χ1v) is 22.0. The monoisotopic (exact) mass is 742 g/mol. The Balaban J connectivity index is 4.24. The maximum Gasteiger partial charge on any atom is 0.472 e. The number of unbranched alkanes of at least 4 members (excludes halogenated alkanes) is 19. The van der Waals surface area contributed by atoms with Crippen molar-refractivity contribution < 1.29 is 37.6 Å². The number of nitrogens with two attached hydrogens (primary N) is 1. The normalized spacial score (nSPS) is 13.7. The van der Waals surface area contributed by atoms with Crippen molar-refractivity contribution in [1.29, 1.82) is 0 Å². The van der Waals surface area contributed by atoms with Crippen LogP contribution in [0, 0.1) is 0 Å². The average Bonchev–Trinajstić information content (AvgIpc) is 3.11. The average molecular weight is 742 g/mol. The molecule has 0 aliphatic heterocycles. The van der Waals surface area contributed by atoms with E-state index in [-0.39, 0.29) is 32.6 Å². The molecule has 0 rings (SSSR count). The second kappa shape index (κ2) is 38.0. The maximum atomic E-state index is 12.5. The fraction of sp³-hybridized carbons (Fsp3) is 0.805. The molecule has 2 atom stereocenters. The van der Waals surface area contributed by atoms with Crippen molar-refractivity contribution in [2.45, 2.75) is 187 Å². The Kier molecular flexibility index (Phi) is 36.7. The van der Waals surface area contributed by atoms with Gasteiger partial charge in [0.2, 0.25) is 0 Å². The summed E-state index contributed by atoms with van der Waals surface area (Å²) in [5.74, 6) is -0.870. The van der Waals surface area contributed by atoms with Crippen LogP contribution in [0.1, 0.15) is 181 Å². The third-order valence-electron chi connectivity index (χ3n) is 8.53. The second-order valence-corrected chi connectivity index (χ2v) is 15.0. The van der Waals surface area contributed by atoms with Gasteiger partial charge in [0, 0.05) is 19.4 Å². The van der Waals surface area contributed by atoms with Gasteiger partial charge in [0.05, 0.1) is 13.2 Å². The summed E-state index contributed by atoms with van der Waals surface area (Å²) in [6.45, 7) is 3.66. The van der Waals surface area contributed by atoms with Crippen LogP contribution in [-0.4, -0.2) is 49.3 Å². The predicted octanol–water partition coefficient (Wildman–Crippen LogP) is 11.4. The SMILES string of the molecule is CCCCCC=CCC=CCC=CCCCCC(=O)OCC(COP(=O)(O)OCCN)OC(=O)CCCCCCCCCCCCCCCCC. The van der Waals surface area contributed by atoms with Crippen molar-refractivity contribution in [2.75, 3.05) is 26.4 Å². The topological polar surface area (TPSA) is 134 Å². The first kappa shape index (κ1) is 49.2. The highest BCUT2D eigenvalue weighted by Crippen LogP contribution is 2.43. The lowest BCUT2D eigenvalue weighted by Crippen LogP contribution is -2.29. The zero-order chi connectivity index (χ0) is 37.5. The summed E-state index contributed by atoms with van der Waals surface area (Å²) in [6, 6.07) is 0. The molecular formula is C41H76NO8P. The first-order chi connectivity index (χ1) is 24.8. The van der Waals surface area contributed by atoms with Crippen molar-refractivity contribution in [1.82, 2.24) is 0 Å². The molecule has 0 heterocycles. The van der Waals surface area contributed by atoms with Gasteiger partial charge in [-0.2, -0.15) is 0 Å². The minimum atomic E-state index is -4.38. The molecule has 0 spiro atoms. The van der Waals surface area contributed by atoms with Crippen LogP contribution in [0.2, 0.25) is 0 Å². The number of hydrogen-bond donors (Lipinski definition) is 2. The summed E-state index contributed by atoms with van der Waals surface area (Å²) in [6.07, 6.45) is 40.3. The van der Waals surface area contributed by atoms with E-state index in [4.69, 9.17) is 24.3 Å². The van der Waals surface area contributed by atoms with Crippen LogP contribution >= 0.6 is 7.82 Å². The molecule has 298 valence electrons. The Labute approximate surface area is 312 Å². The van der Waals surface area contributed by atoms with Gasteiger partial charge in [-0.1, -0.05) is 153 Å². The van der Waals surface area contributed by atoms with Gasteiger partial charge in [-0.25, -0.2) is 4.57 Å². The summed E-state index contributed by atoms with van der Waals surface area (Å²) >= 11 is 0. The quantitative estimate of drug-likeness (QED) is 0.0274. The van der Waals surface area contributed by atoms with Gasteiger partial charge in [0.1, 0.15) is 6.61 Å². The van der Waals surface area contributed by atoms with Crippen LogP contribution in [0.4, 0.5) is 0 Å². The molecule has 0 amide bonds. The molecule has 9 nitrogen and oxygen atoms in total. The standard InChI is InChI=1S/C41H76NO8P/c1-3-5-7-9-11-13-15-17-19-21-23-25-27-29-31-33-40(43)47-37-39(38-49-51(45,46)48-36-35-42)50-41(44)34-32-30-28-26-24-22-20-18-16-14-12-10-8-6-4-2/h11,13,17,19,23,25,39H,3-10,12,14-16,18,20-22,24,26-38,42H2,1-2H3,(H,45,46). The van der Waals surface area contributed by atoms with E-state index in [1.165, 1.54) is 89.9 Å². The highest BCUT2D eigenvalue weighted by Gasteiger charge is 2.25. The molecular weight excluding hydrogens is 665 g/mol. The molecule has 0 aliphatic rings. The van der Waals surface area contributed by atoms with Crippen molar-refractivity contribution >= 4 is 19.8 Å². The van der Waals surface area contributed by atoms with Crippen LogP contribution in [0.5, 0.6) is 0 Å². The molecule has 0 fully saturated rings. The van der Waals surface area contributed by atoms with Crippen molar-refractivity contribution in [3.8, 4) is 0 Å². The Hall–Kier alpha value is -1.77. The lowest BCUT2D eigenvalue weighted by molar-refractivity contribution is -0.161. The van der Waals surface area contributed by atoms with Crippen molar-refractivity contribution in [2.24, 2.45) is 5.73 Å². The number of hydrogen-bond acceptors (Lipinski definition) is 8. The van der Waals surface area contributed by atoms with Crippen LogP contribution in [-0.2, 0) is 32.7 Å². The number of carbonyl (C=O) groups excluding carboxylic acids is 2. The number of carbonyl (C=O) groups is 2. The number of esters is 2.